The molecule has 2 rings (SSSR count). The molecular formula is C17H20OSi. The SMILES string of the molecule is C[Si](C)(C)OC(=Cc1ccccc1)c1ccccc1. The summed E-state index contributed by atoms with van der Waals surface area (Å²) in [6.45, 7) is 6.61. The Balaban J connectivity index is 2.38. The topological polar surface area (TPSA) is 9.23 Å². The summed E-state index contributed by atoms with van der Waals surface area (Å²) in [5.41, 5.74) is 2.30. The third-order valence-corrected chi connectivity index (χ3v) is 3.40. The molecule has 0 aliphatic rings. The molecule has 2 heteroatoms. The van der Waals surface area contributed by atoms with Gasteiger partial charge in [-0.1, -0.05) is 60.7 Å². The van der Waals surface area contributed by atoms with Gasteiger partial charge in [0.05, 0.1) is 0 Å². The van der Waals surface area contributed by atoms with E-state index in [1.807, 2.05) is 36.4 Å². The van der Waals surface area contributed by atoms with Gasteiger partial charge in [0.2, 0.25) is 8.32 Å². The molecule has 0 aliphatic heterocycles. The zero-order valence-electron chi connectivity index (χ0n) is 11.8. The van der Waals surface area contributed by atoms with Crippen molar-refractivity contribution in [2.24, 2.45) is 0 Å². The second-order valence-electron chi connectivity index (χ2n) is 5.50. The Morgan fingerprint density at radius 2 is 1.37 bits per heavy atom. The van der Waals surface area contributed by atoms with E-state index >= 15 is 0 Å². The maximum atomic E-state index is 6.23. The van der Waals surface area contributed by atoms with Crippen molar-refractivity contribution in [2.75, 3.05) is 0 Å². The van der Waals surface area contributed by atoms with Crippen LogP contribution in [0.15, 0.2) is 60.7 Å². The first-order valence-electron chi connectivity index (χ1n) is 6.56. The first kappa shape index (κ1) is 13.6. The molecule has 1 nitrogen and oxygen atoms in total. The van der Waals surface area contributed by atoms with Crippen LogP contribution in [0.5, 0.6) is 0 Å². The predicted octanol–water partition coefficient (Wildman–Crippen LogP) is 5.04. The Morgan fingerprint density at radius 3 is 1.89 bits per heavy atom. The fourth-order valence-electron chi connectivity index (χ4n) is 1.80. The second-order valence-corrected chi connectivity index (χ2v) is 9.93. The maximum absolute atomic E-state index is 6.23. The lowest BCUT2D eigenvalue weighted by Crippen LogP contribution is -2.24. The van der Waals surface area contributed by atoms with Crippen molar-refractivity contribution >= 4 is 20.2 Å². The molecule has 0 spiro atoms. The monoisotopic (exact) mass is 268 g/mol. The second kappa shape index (κ2) is 5.89. The van der Waals surface area contributed by atoms with Gasteiger partial charge in [-0.3, -0.25) is 0 Å². The molecule has 0 aromatic heterocycles. The molecule has 0 fully saturated rings. The van der Waals surface area contributed by atoms with E-state index in [1.165, 1.54) is 5.56 Å². The first-order valence-corrected chi connectivity index (χ1v) is 9.97. The average molecular weight is 268 g/mol. The first-order chi connectivity index (χ1) is 9.04. The molecule has 19 heavy (non-hydrogen) atoms. The fourth-order valence-corrected chi connectivity index (χ4v) is 2.64. The molecule has 0 radical (unpaired) electrons. The predicted molar refractivity (Wildman–Crippen MR) is 85.2 cm³/mol. The molecular weight excluding hydrogens is 248 g/mol. The standard InChI is InChI=1S/C17H20OSi/c1-19(2,3)18-17(16-12-8-5-9-13-16)14-15-10-6-4-7-11-15/h4-14H,1-3H3. The highest BCUT2D eigenvalue weighted by atomic mass is 28.4. The van der Waals surface area contributed by atoms with Crippen LogP contribution in [0, 0.1) is 0 Å². The zero-order valence-corrected chi connectivity index (χ0v) is 12.8. The van der Waals surface area contributed by atoms with Gasteiger partial charge in [-0.15, -0.1) is 0 Å². The minimum atomic E-state index is -1.63. The fraction of sp³-hybridized carbons (Fsp3) is 0.176. The summed E-state index contributed by atoms with van der Waals surface area (Å²) >= 11 is 0. The lowest BCUT2D eigenvalue weighted by atomic mass is 10.1. The van der Waals surface area contributed by atoms with Gasteiger partial charge in [-0.25, -0.2) is 0 Å². The minimum Gasteiger partial charge on any atom is -0.544 e. The van der Waals surface area contributed by atoms with Gasteiger partial charge in [-0.05, 0) is 31.3 Å². The highest BCUT2D eigenvalue weighted by Gasteiger charge is 2.18. The molecule has 0 saturated carbocycles. The third kappa shape index (κ3) is 4.41. The molecule has 0 aliphatic carbocycles. The number of hydrogen-bond donors (Lipinski definition) is 0. The molecule has 0 heterocycles. The summed E-state index contributed by atoms with van der Waals surface area (Å²) < 4.78 is 6.23. The van der Waals surface area contributed by atoms with Crippen LogP contribution in [-0.2, 0) is 4.43 Å². The molecule has 0 atom stereocenters. The molecule has 0 saturated heterocycles. The van der Waals surface area contributed by atoms with Crippen molar-refractivity contribution in [3.63, 3.8) is 0 Å². The van der Waals surface area contributed by atoms with E-state index in [1.54, 1.807) is 0 Å². The molecule has 0 amide bonds. The van der Waals surface area contributed by atoms with Crippen LogP contribution in [-0.4, -0.2) is 8.32 Å². The van der Waals surface area contributed by atoms with E-state index in [9.17, 15) is 0 Å². The molecule has 2 aromatic carbocycles. The van der Waals surface area contributed by atoms with Crippen LogP contribution < -0.4 is 0 Å². The third-order valence-electron chi connectivity index (χ3n) is 2.57. The normalized spacial score (nSPS) is 12.3. The van der Waals surface area contributed by atoms with E-state index in [2.05, 4.69) is 50.0 Å². The summed E-state index contributed by atoms with van der Waals surface area (Å²) in [4.78, 5) is 0. The van der Waals surface area contributed by atoms with Crippen molar-refractivity contribution in [3.8, 4) is 0 Å². The average Bonchev–Trinajstić information content (AvgIpc) is 2.39. The number of hydrogen-bond acceptors (Lipinski definition) is 1. The molecule has 0 bridgehead atoms. The molecule has 0 N–H and O–H groups in total. The lowest BCUT2D eigenvalue weighted by molar-refractivity contribution is 0.518. The van der Waals surface area contributed by atoms with Crippen LogP contribution in [0.3, 0.4) is 0 Å². The van der Waals surface area contributed by atoms with Gasteiger partial charge < -0.3 is 4.43 Å². The Morgan fingerprint density at radius 1 is 0.842 bits per heavy atom. The van der Waals surface area contributed by atoms with Crippen LogP contribution in [0.1, 0.15) is 11.1 Å². The van der Waals surface area contributed by atoms with Crippen molar-refractivity contribution in [1.82, 2.24) is 0 Å². The summed E-state index contributed by atoms with van der Waals surface area (Å²) in [5.74, 6) is 0.964. The van der Waals surface area contributed by atoms with E-state index in [0.29, 0.717) is 0 Å². The van der Waals surface area contributed by atoms with Gasteiger partial charge >= 0.3 is 0 Å². The van der Waals surface area contributed by atoms with E-state index < -0.39 is 8.32 Å². The number of benzene rings is 2. The molecule has 98 valence electrons. The largest absolute Gasteiger partial charge is 0.544 e. The van der Waals surface area contributed by atoms with E-state index in [-0.39, 0.29) is 0 Å². The Bertz CT molecular complexity index is 538. The van der Waals surface area contributed by atoms with E-state index in [4.69, 9.17) is 4.43 Å². The lowest BCUT2D eigenvalue weighted by Gasteiger charge is -2.22. The quantitative estimate of drug-likeness (QED) is 0.429. The summed E-state index contributed by atoms with van der Waals surface area (Å²) in [7, 11) is -1.63. The van der Waals surface area contributed by atoms with Gasteiger partial charge in [0.15, 0.2) is 0 Å². The summed E-state index contributed by atoms with van der Waals surface area (Å²) in [6, 6.07) is 20.6. The smallest absolute Gasteiger partial charge is 0.242 e. The summed E-state index contributed by atoms with van der Waals surface area (Å²) in [6.07, 6.45) is 2.12. The zero-order chi connectivity index (χ0) is 13.7. The Hall–Kier alpha value is -1.80. The highest BCUT2D eigenvalue weighted by Crippen LogP contribution is 2.23. The van der Waals surface area contributed by atoms with Crippen molar-refractivity contribution in [1.29, 1.82) is 0 Å². The van der Waals surface area contributed by atoms with Crippen LogP contribution in [0.2, 0.25) is 19.6 Å². The van der Waals surface area contributed by atoms with Gasteiger partial charge in [-0.2, -0.15) is 0 Å². The van der Waals surface area contributed by atoms with Gasteiger partial charge in [0, 0.05) is 5.56 Å². The summed E-state index contributed by atoms with van der Waals surface area (Å²) in [5, 5.41) is 0. The highest BCUT2D eigenvalue weighted by molar-refractivity contribution is 6.70. The van der Waals surface area contributed by atoms with E-state index in [0.717, 1.165) is 11.3 Å². The Kier molecular flexibility index (Phi) is 4.22. The van der Waals surface area contributed by atoms with Gasteiger partial charge in [0.1, 0.15) is 5.76 Å². The van der Waals surface area contributed by atoms with Crippen molar-refractivity contribution in [3.05, 3.63) is 71.8 Å². The van der Waals surface area contributed by atoms with Crippen LogP contribution in [0.25, 0.3) is 11.8 Å². The minimum absolute atomic E-state index is 0.964. The number of rotatable bonds is 4. The molecule has 2 aromatic rings. The van der Waals surface area contributed by atoms with Crippen LogP contribution in [0.4, 0.5) is 0 Å². The van der Waals surface area contributed by atoms with Crippen LogP contribution >= 0.6 is 0 Å². The molecule has 0 unspecified atom stereocenters. The van der Waals surface area contributed by atoms with Gasteiger partial charge in [0.25, 0.3) is 0 Å². The van der Waals surface area contributed by atoms with Crippen molar-refractivity contribution in [2.45, 2.75) is 19.6 Å². The maximum Gasteiger partial charge on any atom is 0.242 e. The Labute approximate surface area is 116 Å². The van der Waals surface area contributed by atoms with Crippen molar-refractivity contribution < 1.29 is 4.43 Å².